The number of alkyl halides is 3. The Bertz CT molecular complexity index is 751. The maximum atomic E-state index is 13.3. The Morgan fingerprint density at radius 2 is 1.88 bits per heavy atom. The normalized spacial score (nSPS) is 11.7. The summed E-state index contributed by atoms with van der Waals surface area (Å²) < 4.78 is 45.3. The fourth-order valence-electron chi connectivity index (χ4n) is 2.22. The minimum atomic E-state index is -4.54. The van der Waals surface area contributed by atoms with Crippen molar-refractivity contribution in [2.24, 2.45) is 0 Å². The van der Waals surface area contributed by atoms with E-state index >= 15 is 0 Å². The van der Waals surface area contributed by atoms with Crippen molar-refractivity contribution in [1.82, 2.24) is 0 Å². The van der Waals surface area contributed by atoms with Crippen LogP contribution < -0.4 is 9.67 Å². The molecule has 140 valence electrons. The minimum absolute atomic E-state index is 0.0901. The van der Waals surface area contributed by atoms with Crippen LogP contribution in [0.5, 0.6) is 0 Å². The monoisotopic (exact) mass is 445 g/mol. The third-order valence-electron chi connectivity index (χ3n) is 3.49. The summed E-state index contributed by atoms with van der Waals surface area (Å²) in [4.78, 5) is 12.6. The number of hydrogen-bond acceptors (Lipinski definition) is 3. The van der Waals surface area contributed by atoms with Gasteiger partial charge in [-0.1, -0.05) is 0 Å². The van der Waals surface area contributed by atoms with E-state index in [1.54, 1.807) is 24.8 Å². The van der Waals surface area contributed by atoms with E-state index in [2.05, 4.69) is 10.1 Å². The van der Waals surface area contributed by atoms with Gasteiger partial charge in [0.15, 0.2) is 0 Å². The van der Waals surface area contributed by atoms with E-state index in [1.165, 1.54) is 6.07 Å². The van der Waals surface area contributed by atoms with Gasteiger partial charge in [-0.3, -0.25) is 0 Å². The number of ether oxygens (including phenoxy) is 1. The first-order valence-corrected chi connectivity index (χ1v) is 11.6. The van der Waals surface area contributed by atoms with E-state index < -0.39 is 33.6 Å². The third kappa shape index (κ3) is 5.99. The van der Waals surface area contributed by atoms with Crippen LogP contribution in [0.4, 0.5) is 23.7 Å². The standard InChI is InChI=1S/C18H19AsF3NO2S/c1-3-25-17(24)23-16-9-6-13(10-15(16)18(20,21)22)19-11-12-4-7-14(26-2)8-5-12/h4-10,19H,3,11H2,1-2H3,(H,23,24). The number of carbonyl (C=O) groups is 1. The zero-order chi connectivity index (χ0) is 19.2. The van der Waals surface area contributed by atoms with Gasteiger partial charge in [-0.25, -0.2) is 0 Å². The van der Waals surface area contributed by atoms with Gasteiger partial charge in [-0.15, -0.1) is 0 Å². The van der Waals surface area contributed by atoms with Gasteiger partial charge in [0.25, 0.3) is 0 Å². The summed E-state index contributed by atoms with van der Waals surface area (Å²) in [7, 11) is 0. The van der Waals surface area contributed by atoms with E-state index in [-0.39, 0.29) is 12.3 Å². The fourth-order valence-corrected chi connectivity index (χ4v) is 4.92. The summed E-state index contributed by atoms with van der Waals surface area (Å²) in [5.74, 6) is 0. The maximum absolute atomic E-state index is 13.3. The second-order valence-electron chi connectivity index (χ2n) is 5.31. The topological polar surface area (TPSA) is 38.3 Å². The Balaban J connectivity index is 2.15. The average Bonchev–Trinajstić information content (AvgIpc) is 2.60. The van der Waals surface area contributed by atoms with Crippen molar-refractivity contribution in [3.8, 4) is 0 Å². The summed E-state index contributed by atoms with van der Waals surface area (Å²) in [5.41, 5.74) is -0.00904. The summed E-state index contributed by atoms with van der Waals surface area (Å²) in [6.07, 6.45) is -3.44. The molecule has 1 N–H and O–H groups in total. The Morgan fingerprint density at radius 1 is 1.19 bits per heavy atom. The van der Waals surface area contributed by atoms with Crippen molar-refractivity contribution in [2.75, 3.05) is 18.2 Å². The summed E-state index contributed by atoms with van der Waals surface area (Å²) >= 11 is 0.874. The Morgan fingerprint density at radius 3 is 2.46 bits per heavy atom. The molecule has 0 aromatic heterocycles. The molecule has 0 fully saturated rings. The Labute approximate surface area is 161 Å². The van der Waals surface area contributed by atoms with E-state index in [0.29, 0.717) is 4.35 Å². The molecule has 0 aliphatic rings. The number of anilines is 1. The van der Waals surface area contributed by atoms with Gasteiger partial charge < -0.3 is 0 Å². The molecule has 8 heteroatoms. The van der Waals surface area contributed by atoms with Gasteiger partial charge in [-0.05, 0) is 0 Å². The van der Waals surface area contributed by atoms with Gasteiger partial charge in [0.2, 0.25) is 0 Å². The summed E-state index contributed by atoms with van der Waals surface area (Å²) in [5, 5.41) is 2.92. The molecule has 0 aliphatic carbocycles. The van der Waals surface area contributed by atoms with Crippen molar-refractivity contribution < 1.29 is 22.7 Å². The molecular formula is C18H19AsF3NO2S. The second-order valence-corrected chi connectivity index (χ2v) is 8.88. The van der Waals surface area contributed by atoms with E-state index in [1.807, 2.05) is 30.5 Å². The van der Waals surface area contributed by atoms with Crippen LogP contribution in [-0.4, -0.2) is 34.7 Å². The molecule has 1 amide bonds. The predicted octanol–water partition coefficient (Wildman–Crippen LogP) is 4.26. The average molecular weight is 445 g/mol. The number of thioether (sulfide) groups is 1. The van der Waals surface area contributed by atoms with Crippen LogP contribution in [0.15, 0.2) is 47.4 Å². The van der Waals surface area contributed by atoms with Crippen LogP contribution in [0, 0.1) is 0 Å². The van der Waals surface area contributed by atoms with Crippen LogP contribution in [0.25, 0.3) is 0 Å². The van der Waals surface area contributed by atoms with Crippen molar-refractivity contribution in [2.45, 2.75) is 23.2 Å². The molecule has 1 unspecified atom stereocenters. The molecule has 0 heterocycles. The number of nitrogens with one attached hydrogen (secondary N) is 1. The molecule has 0 saturated carbocycles. The zero-order valence-corrected chi connectivity index (χ0v) is 17.2. The van der Waals surface area contributed by atoms with Gasteiger partial charge in [0.05, 0.1) is 0 Å². The zero-order valence-electron chi connectivity index (χ0n) is 14.3. The molecule has 0 bridgehead atoms. The summed E-state index contributed by atoms with van der Waals surface area (Å²) in [6.45, 7) is 1.68. The molecule has 0 saturated heterocycles. The van der Waals surface area contributed by atoms with E-state index in [9.17, 15) is 18.0 Å². The fraction of sp³-hybridized carbons (Fsp3) is 0.278. The molecule has 2 aromatic rings. The summed E-state index contributed by atoms with van der Waals surface area (Å²) in [6, 6.07) is 12.1. The van der Waals surface area contributed by atoms with Gasteiger partial charge in [0.1, 0.15) is 0 Å². The Hall–Kier alpha value is -1.59. The number of halogens is 3. The van der Waals surface area contributed by atoms with Gasteiger partial charge >= 0.3 is 161 Å². The van der Waals surface area contributed by atoms with Crippen molar-refractivity contribution >= 4 is 43.6 Å². The van der Waals surface area contributed by atoms with Crippen LogP contribution in [0.2, 0.25) is 0 Å². The number of carbonyl (C=O) groups excluding carboxylic acids is 1. The van der Waals surface area contributed by atoms with Crippen LogP contribution in [0.3, 0.4) is 0 Å². The molecule has 0 spiro atoms. The first-order valence-electron chi connectivity index (χ1n) is 7.85. The molecule has 0 radical (unpaired) electrons. The molecule has 2 rings (SSSR count). The molecule has 3 nitrogen and oxygen atoms in total. The molecule has 26 heavy (non-hydrogen) atoms. The predicted molar refractivity (Wildman–Crippen MR) is 101 cm³/mol. The SMILES string of the molecule is CCOC(=O)Nc1ccc([AsH]Cc2ccc(SC)cc2)cc1C(F)(F)F. The number of rotatable bonds is 6. The van der Waals surface area contributed by atoms with Gasteiger partial charge in [0, 0.05) is 0 Å². The third-order valence-corrected chi connectivity index (χ3v) is 6.97. The Kier molecular flexibility index (Phi) is 7.47. The number of hydrogen-bond donors (Lipinski definition) is 1. The van der Waals surface area contributed by atoms with Gasteiger partial charge in [-0.2, -0.15) is 0 Å². The molecule has 0 aliphatic heterocycles. The molecular weight excluding hydrogens is 426 g/mol. The van der Waals surface area contributed by atoms with Crippen molar-refractivity contribution in [3.05, 3.63) is 53.6 Å². The number of amides is 1. The molecule has 1 atom stereocenters. The van der Waals surface area contributed by atoms with Crippen LogP contribution in [-0.2, 0) is 16.1 Å². The van der Waals surface area contributed by atoms with Crippen LogP contribution >= 0.6 is 11.8 Å². The first kappa shape index (κ1) is 20.7. The first-order chi connectivity index (χ1) is 12.3. The molecule has 2 aromatic carbocycles. The van der Waals surface area contributed by atoms with Crippen molar-refractivity contribution in [3.63, 3.8) is 0 Å². The van der Waals surface area contributed by atoms with Crippen LogP contribution in [0.1, 0.15) is 18.1 Å². The quantitative estimate of drug-likeness (QED) is 0.534. The number of benzene rings is 2. The van der Waals surface area contributed by atoms with E-state index in [0.717, 1.165) is 21.7 Å². The van der Waals surface area contributed by atoms with E-state index in [4.69, 9.17) is 0 Å². The second kappa shape index (κ2) is 9.38. The van der Waals surface area contributed by atoms with Crippen molar-refractivity contribution in [1.29, 1.82) is 0 Å².